The minimum atomic E-state index is -0.227. The second kappa shape index (κ2) is 9.92. The molecule has 0 spiro atoms. The van der Waals surface area contributed by atoms with Gasteiger partial charge in [-0.1, -0.05) is 6.42 Å². The van der Waals surface area contributed by atoms with Crippen LogP contribution in [-0.2, 0) is 17.6 Å². The molecule has 1 fully saturated rings. The lowest BCUT2D eigenvalue weighted by Gasteiger charge is -2.32. The number of ether oxygens (including phenoxy) is 2. The smallest absolute Gasteiger partial charge is 0.259 e. The van der Waals surface area contributed by atoms with Crippen LogP contribution in [0.25, 0.3) is 0 Å². The number of hydrogen-bond donors (Lipinski definition) is 2. The Kier molecular flexibility index (Phi) is 7.01. The lowest BCUT2D eigenvalue weighted by atomic mass is 10.0. The third-order valence-corrected chi connectivity index (χ3v) is 7.55. The predicted octanol–water partition coefficient (Wildman–Crippen LogP) is 4.32. The number of amides is 2. The van der Waals surface area contributed by atoms with Crippen LogP contribution in [0.3, 0.4) is 0 Å². The van der Waals surface area contributed by atoms with Crippen LogP contribution in [0.15, 0.2) is 18.2 Å². The monoisotopic (exact) mass is 457 g/mol. The average Bonchev–Trinajstić information content (AvgIpc) is 3.36. The largest absolute Gasteiger partial charge is 0.497 e. The Morgan fingerprint density at radius 3 is 2.72 bits per heavy atom. The van der Waals surface area contributed by atoms with Crippen molar-refractivity contribution in [2.24, 2.45) is 0 Å². The number of nitrogens with one attached hydrogen (secondary N) is 2. The molecule has 1 aliphatic carbocycles. The zero-order valence-corrected chi connectivity index (χ0v) is 19.8. The van der Waals surface area contributed by atoms with Gasteiger partial charge in [0.1, 0.15) is 16.5 Å². The van der Waals surface area contributed by atoms with Gasteiger partial charge in [-0.15, -0.1) is 11.3 Å². The van der Waals surface area contributed by atoms with Crippen LogP contribution in [0, 0.1) is 0 Å². The van der Waals surface area contributed by atoms with Crippen molar-refractivity contribution in [3.8, 4) is 11.5 Å². The van der Waals surface area contributed by atoms with Gasteiger partial charge >= 0.3 is 0 Å². The van der Waals surface area contributed by atoms with Crippen LogP contribution in [0.5, 0.6) is 11.5 Å². The minimum absolute atomic E-state index is 0.0604. The van der Waals surface area contributed by atoms with E-state index in [1.54, 1.807) is 32.4 Å². The molecule has 2 heterocycles. The zero-order valence-electron chi connectivity index (χ0n) is 19.0. The molecular weight excluding hydrogens is 426 g/mol. The number of anilines is 2. The van der Waals surface area contributed by atoms with E-state index < -0.39 is 0 Å². The fourth-order valence-corrected chi connectivity index (χ4v) is 5.87. The summed E-state index contributed by atoms with van der Waals surface area (Å²) in [5.41, 5.74) is 2.21. The molecule has 2 aliphatic rings. The van der Waals surface area contributed by atoms with E-state index in [0.29, 0.717) is 40.3 Å². The predicted molar refractivity (Wildman–Crippen MR) is 127 cm³/mol. The Bertz CT molecular complexity index is 1000. The maximum absolute atomic E-state index is 13.3. The molecule has 4 rings (SSSR count). The summed E-state index contributed by atoms with van der Waals surface area (Å²) in [6.45, 7) is 3.48. The number of hydrogen-bond acceptors (Lipinski definition) is 6. The fourth-order valence-electron chi connectivity index (χ4n) is 4.56. The van der Waals surface area contributed by atoms with Crippen LogP contribution in [-0.4, -0.2) is 50.1 Å². The molecule has 7 nitrogen and oxygen atoms in total. The molecule has 1 aliphatic heterocycles. The zero-order chi connectivity index (χ0) is 22.7. The highest BCUT2D eigenvalue weighted by Crippen LogP contribution is 2.40. The fraction of sp³-hybridized carbons (Fsp3) is 0.500. The molecule has 0 radical (unpaired) electrons. The van der Waals surface area contributed by atoms with Gasteiger partial charge in [0.2, 0.25) is 5.91 Å². The molecule has 2 N–H and O–H groups in total. The molecule has 1 aromatic carbocycles. The Hall–Kier alpha value is -2.58. The number of methoxy groups -OCH3 is 2. The molecular formula is C24H31N3O4S. The van der Waals surface area contributed by atoms with Gasteiger partial charge in [0.05, 0.1) is 32.0 Å². The van der Waals surface area contributed by atoms with Gasteiger partial charge < -0.3 is 20.1 Å². The topological polar surface area (TPSA) is 79.9 Å². The van der Waals surface area contributed by atoms with Gasteiger partial charge in [-0.2, -0.15) is 0 Å². The van der Waals surface area contributed by atoms with Crippen molar-refractivity contribution in [2.75, 3.05) is 37.9 Å². The Morgan fingerprint density at radius 1 is 1.12 bits per heavy atom. The first kappa shape index (κ1) is 22.6. The normalized spacial score (nSPS) is 18.2. The molecule has 0 bridgehead atoms. The van der Waals surface area contributed by atoms with E-state index in [4.69, 9.17) is 9.47 Å². The summed E-state index contributed by atoms with van der Waals surface area (Å²) >= 11 is 1.53. The molecule has 8 heteroatoms. The number of thiophene rings is 1. The van der Waals surface area contributed by atoms with Gasteiger partial charge in [-0.3, -0.25) is 14.5 Å². The highest BCUT2D eigenvalue weighted by Gasteiger charge is 2.29. The molecule has 172 valence electrons. The molecule has 0 saturated carbocycles. The van der Waals surface area contributed by atoms with Crippen LogP contribution < -0.4 is 20.1 Å². The SMILES string of the molecule is COc1ccc(NC(=O)c2c(NC(=O)CN3CCCC[C@H]3C)sc3c2CCC3)c(OC)c1. The lowest BCUT2D eigenvalue weighted by molar-refractivity contribution is -0.118. The second-order valence-electron chi connectivity index (χ2n) is 8.45. The number of nitrogens with zero attached hydrogens (tertiary/aromatic N) is 1. The number of piperidine rings is 1. The average molecular weight is 458 g/mol. The number of fused-ring (bicyclic) bond motifs is 1. The van der Waals surface area contributed by atoms with E-state index in [1.165, 1.54) is 22.6 Å². The molecule has 1 saturated heterocycles. The highest BCUT2D eigenvalue weighted by atomic mass is 32.1. The number of rotatable bonds is 7. The Labute approximate surface area is 193 Å². The van der Waals surface area contributed by atoms with Gasteiger partial charge in [-0.05, 0) is 63.3 Å². The molecule has 2 aromatic rings. The Morgan fingerprint density at radius 2 is 1.97 bits per heavy atom. The summed E-state index contributed by atoms with van der Waals surface area (Å²) in [5.74, 6) is 0.884. The van der Waals surface area contributed by atoms with E-state index in [9.17, 15) is 9.59 Å². The number of likely N-dealkylation sites (tertiary alicyclic amines) is 1. The van der Waals surface area contributed by atoms with Crippen LogP contribution in [0.1, 0.15) is 53.4 Å². The van der Waals surface area contributed by atoms with E-state index >= 15 is 0 Å². The highest BCUT2D eigenvalue weighted by molar-refractivity contribution is 7.17. The van der Waals surface area contributed by atoms with E-state index in [1.807, 2.05) is 0 Å². The van der Waals surface area contributed by atoms with Crippen molar-refractivity contribution >= 4 is 33.8 Å². The van der Waals surface area contributed by atoms with Crippen LogP contribution in [0.4, 0.5) is 10.7 Å². The first-order valence-electron chi connectivity index (χ1n) is 11.2. The van der Waals surface area contributed by atoms with E-state index in [-0.39, 0.29) is 11.8 Å². The van der Waals surface area contributed by atoms with Crippen molar-refractivity contribution in [2.45, 2.75) is 51.5 Å². The first-order valence-corrected chi connectivity index (χ1v) is 12.0. The van der Waals surface area contributed by atoms with Gasteiger partial charge in [0.15, 0.2) is 0 Å². The lowest BCUT2D eigenvalue weighted by Crippen LogP contribution is -2.42. The van der Waals surface area contributed by atoms with Crippen LogP contribution >= 0.6 is 11.3 Å². The molecule has 1 atom stereocenters. The number of benzene rings is 1. The standard InChI is InChI=1S/C24H31N3O4S/c1-15-7-4-5-12-27(15)14-21(28)26-24-22(17-8-6-9-20(17)32-24)23(29)25-18-11-10-16(30-2)13-19(18)31-3/h10-11,13,15H,4-9,12,14H2,1-3H3,(H,25,29)(H,26,28)/t15-/m1/s1. The molecule has 1 aromatic heterocycles. The third-order valence-electron chi connectivity index (χ3n) is 6.35. The summed E-state index contributed by atoms with van der Waals surface area (Å²) < 4.78 is 10.7. The molecule has 0 unspecified atom stereocenters. The summed E-state index contributed by atoms with van der Waals surface area (Å²) in [4.78, 5) is 29.6. The third kappa shape index (κ3) is 4.76. The number of carbonyl (C=O) groups is 2. The van der Waals surface area contributed by atoms with Crippen molar-refractivity contribution in [3.63, 3.8) is 0 Å². The first-order chi connectivity index (χ1) is 15.5. The Balaban J connectivity index is 1.53. The number of aryl methyl sites for hydroxylation is 1. The van der Waals surface area contributed by atoms with Gasteiger partial charge in [-0.25, -0.2) is 0 Å². The minimum Gasteiger partial charge on any atom is -0.497 e. The summed E-state index contributed by atoms with van der Waals surface area (Å²) in [6.07, 6.45) is 6.31. The maximum atomic E-state index is 13.3. The quantitative estimate of drug-likeness (QED) is 0.647. The second-order valence-corrected chi connectivity index (χ2v) is 9.55. The van der Waals surface area contributed by atoms with Crippen LogP contribution in [0.2, 0.25) is 0 Å². The molecule has 2 amide bonds. The van der Waals surface area contributed by atoms with Crippen molar-refractivity contribution in [3.05, 3.63) is 34.2 Å². The van der Waals surface area contributed by atoms with Gasteiger partial charge in [0, 0.05) is 17.0 Å². The molecule has 32 heavy (non-hydrogen) atoms. The number of carbonyl (C=O) groups excluding carboxylic acids is 2. The van der Waals surface area contributed by atoms with E-state index in [0.717, 1.165) is 44.2 Å². The van der Waals surface area contributed by atoms with E-state index in [2.05, 4.69) is 22.5 Å². The summed E-state index contributed by atoms with van der Waals surface area (Å²) in [6, 6.07) is 5.68. The summed E-state index contributed by atoms with van der Waals surface area (Å²) in [5, 5.41) is 6.67. The maximum Gasteiger partial charge on any atom is 0.259 e. The van der Waals surface area contributed by atoms with Crippen molar-refractivity contribution in [1.82, 2.24) is 4.90 Å². The summed E-state index contributed by atoms with van der Waals surface area (Å²) in [7, 11) is 3.14. The van der Waals surface area contributed by atoms with Gasteiger partial charge in [0.25, 0.3) is 5.91 Å². The van der Waals surface area contributed by atoms with Crippen molar-refractivity contribution in [1.29, 1.82) is 0 Å². The van der Waals surface area contributed by atoms with Crippen molar-refractivity contribution < 1.29 is 19.1 Å².